The van der Waals surface area contributed by atoms with E-state index in [4.69, 9.17) is 16.3 Å². The van der Waals surface area contributed by atoms with E-state index in [0.29, 0.717) is 17.5 Å². The first-order valence-corrected chi connectivity index (χ1v) is 7.18. The number of benzene rings is 1. The van der Waals surface area contributed by atoms with Gasteiger partial charge in [-0.1, -0.05) is 49.8 Å². The molecule has 3 heteroatoms. The molecule has 1 aliphatic rings. The molecule has 18 heavy (non-hydrogen) atoms. The normalized spacial score (nSPS) is 18.6. The van der Waals surface area contributed by atoms with Crippen LogP contribution in [-0.4, -0.2) is 17.8 Å². The van der Waals surface area contributed by atoms with E-state index < -0.39 is 0 Å². The molecule has 1 N–H and O–H groups in total. The Hall–Kier alpha value is -0.730. The van der Waals surface area contributed by atoms with Gasteiger partial charge in [0.25, 0.3) is 0 Å². The first kappa shape index (κ1) is 13.7. The molecule has 0 radical (unpaired) electrons. The molecular formula is C15H21ClO2. The average molecular weight is 269 g/mol. The fraction of sp³-hybridized carbons (Fsp3) is 0.600. The lowest BCUT2D eigenvalue weighted by atomic mass is 9.85. The van der Waals surface area contributed by atoms with Crippen molar-refractivity contribution < 1.29 is 9.84 Å². The minimum absolute atomic E-state index is 0.358. The third kappa shape index (κ3) is 4.51. The van der Waals surface area contributed by atoms with Crippen LogP contribution in [-0.2, 0) is 0 Å². The molecule has 0 amide bonds. The van der Waals surface area contributed by atoms with Gasteiger partial charge in [-0.3, -0.25) is 0 Å². The zero-order valence-electron chi connectivity index (χ0n) is 10.6. The van der Waals surface area contributed by atoms with Crippen LogP contribution in [0.15, 0.2) is 24.3 Å². The molecule has 100 valence electrons. The highest BCUT2D eigenvalue weighted by atomic mass is 35.5. The molecule has 2 rings (SSSR count). The fourth-order valence-corrected chi connectivity index (χ4v) is 2.81. The summed E-state index contributed by atoms with van der Waals surface area (Å²) in [5, 5.41) is 10.6. The maximum atomic E-state index is 9.97. The Morgan fingerprint density at radius 2 is 2.06 bits per heavy atom. The molecule has 1 saturated carbocycles. The second-order valence-electron chi connectivity index (χ2n) is 5.16. The van der Waals surface area contributed by atoms with Crippen LogP contribution in [0.3, 0.4) is 0 Å². The van der Waals surface area contributed by atoms with Gasteiger partial charge in [0, 0.05) is 5.02 Å². The molecule has 0 saturated heterocycles. The van der Waals surface area contributed by atoms with Crippen molar-refractivity contribution in [1.29, 1.82) is 0 Å². The highest BCUT2D eigenvalue weighted by molar-refractivity contribution is 6.30. The van der Waals surface area contributed by atoms with E-state index in [1.165, 1.54) is 32.1 Å². The SMILES string of the molecule is OC(COc1cccc(Cl)c1)CC1CCCCC1. The number of aliphatic hydroxyl groups excluding tert-OH is 1. The van der Waals surface area contributed by atoms with Crippen LogP contribution in [0.4, 0.5) is 0 Å². The van der Waals surface area contributed by atoms with Gasteiger partial charge in [-0.2, -0.15) is 0 Å². The Morgan fingerprint density at radius 1 is 1.28 bits per heavy atom. The first-order valence-electron chi connectivity index (χ1n) is 6.80. The molecule has 0 aromatic heterocycles. The van der Waals surface area contributed by atoms with Gasteiger partial charge in [0.1, 0.15) is 12.4 Å². The Balaban J connectivity index is 1.72. The van der Waals surface area contributed by atoms with Gasteiger partial charge in [0.15, 0.2) is 0 Å². The second-order valence-corrected chi connectivity index (χ2v) is 5.60. The van der Waals surface area contributed by atoms with E-state index in [9.17, 15) is 5.11 Å². The molecule has 1 fully saturated rings. The van der Waals surface area contributed by atoms with Gasteiger partial charge in [-0.05, 0) is 30.5 Å². The van der Waals surface area contributed by atoms with Crippen molar-refractivity contribution >= 4 is 11.6 Å². The van der Waals surface area contributed by atoms with Crippen LogP contribution < -0.4 is 4.74 Å². The Labute approximate surface area is 114 Å². The molecule has 1 unspecified atom stereocenters. The Bertz CT molecular complexity index is 361. The van der Waals surface area contributed by atoms with Crippen LogP contribution in [0.5, 0.6) is 5.75 Å². The zero-order chi connectivity index (χ0) is 12.8. The van der Waals surface area contributed by atoms with Crippen molar-refractivity contribution in [3.63, 3.8) is 0 Å². The van der Waals surface area contributed by atoms with Crippen LogP contribution in [0, 0.1) is 5.92 Å². The minimum atomic E-state index is -0.368. The predicted octanol–water partition coefficient (Wildman–Crippen LogP) is 4.05. The van der Waals surface area contributed by atoms with Crippen molar-refractivity contribution in [3.05, 3.63) is 29.3 Å². The summed E-state index contributed by atoms with van der Waals surface area (Å²) in [6.45, 7) is 0.358. The lowest BCUT2D eigenvalue weighted by Gasteiger charge is -2.24. The van der Waals surface area contributed by atoms with E-state index in [1.807, 2.05) is 18.2 Å². The van der Waals surface area contributed by atoms with Gasteiger partial charge in [0.05, 0.1) is 6.10 Å². The van der Waals surface area contributed by atoms with Crippen molar-refractivity contribution in [2.75, 3.05) is 6.61 Å². The molecule has 0 spiro atoms. The maximum absolute atomic E-state index is 9.97. The highest BCUT2D eigenvalue weighted by Crippen LogP contribution is 2.27. The number of rotatable bonds is 5. The summed E-state index contributed by atoms with van der Waals surface area (Å²) >= 11 is 5.87. The van der Waals surface area contributed by atoms with Gasteiger partial charge < -0.3 is 9.84 Å². The number of halogens is 1. The summed E-state index contributed by atoms with van der Waals surface area (Å²) in [5.74, 6) is 1.40. The minimum Gasteiger partial charge on any atom is -0.491 e. The molecule has 0 bridgehead atoms. The third-order valence-corrected chi connectivity index (χ3v) is 3.80. The predicted molar refractivity (Wildman–Crippen MR) is 74.1 cm³/mol. The van der Waals surface area contributed by atoms with Gasteiger partial charge in [0.2, 0.25) is 0 Å². The lowest BCUT2D eigenvalue weighted by molar-refractivity contribution is 0.0782. The van der Waals surface area contributed by atoms with E-state index in [2.05, 4.69) is 0 Å². The first-order chi connectivity index (χ1) is 8.74. The number of hydrogen-bond acceptors (Lipinski definition) is 2. The third-order valence-electron chi connectivity index (χ3n) is 3.57. The van der Waals surface area contributed by atoms with Crippen LogP contribution in [0.2, 0.25) is 5.02 Å². The number of hydrogen-bond donors (Lipinski definition) is 1. The van der Waals surface area contributed by atoms with Gasteiger partial charge in [-0.15, -0.1) is 0 Å². The fourth-order valence-electron chi connectivity index (χ4n) is 2.62. The summed E-state index contributed by atoms with van der Waals surface area (Å²) in [6.07, 6.45) is 6.99. The van der Waals surface area contributed by atoms with Gasteiger partial charge in [-0.25, -0.2) is 0 Å². The molecule has 2 nitrogen and oxygen atoms in total. The van der Waals surface area contributed by atoms with Crippen molar-refractivity contribution in [3.8, 4) is 5.75 Å². The van der Waals surface area contributed by atoms with Crippen LogP contribution in [0.25, 0.3) is 0 Å². The molecule has 0 aliphatic heterocycles. The maximum Gasteiger partial charge on any atom is 0.120 e. The van der Waals surface area contributed by atoms with E-state index in [0.717, 1.165) is 12.2 Å². The summed E-state index contributed by atoms with van der Waals surface area (Å²) < 4.78 is 5.56. The standard InChI is InChI=1S/C15H21ClO2/c16-13-7-4-8-15(10-13)18-11-14(17)9-12-5-2-1-3-6-12/h4,7-8,10,12,14,17H,1-3,5-6,9,11H2. The zero-order valence-corrected chi connectivity index (χ0v) is 11.4. The van der Waals surface area contributed by atoms with Crippen LogP contribution in [0.1, 0.15) is 38.5 Å². The van der Waals surface area contributed by atoms with E-state index in [1.54, 1.807) is 6.07 Å². The van der Waals surface area contributed by atoms with Crippen molar-refractivity contribution in [1.82, 2.24) is 0 Å². The average Bonchev–Trinajstić information content (AvgIpc) is 2.38. The molecule has 0 heterocycles. The lowest BCUT2D eigenvalue weighted by Crippen LogP contribution is -2.22. The summed E-state index contributed by atoms with van der Waals surface area (Å²) in [7, 11) is 0. The largest absolute Gasteiger partial charge is 0.491 e. The Morgan fingerprint density at radius 3 is 2.78 bits per heavy atom. The summed E-state index contributed by atoms with van der Waals surface area (Å²) in [4.78, 5) is 0. The molecule has 1 aromatic carbocycles. The monoisotopic (exact) mass is 268 g/mol. The van der Waals surface area contributed by atoms with Crippen LogP contribution >= 0.6 is 11.6 Å². The highest BCUT2D eigenvalue weighted by Gasteiger charge is 2.17. The topological polar surface area (TPSA) is 29.5 Å². The molecule has 1 aliphatic carbocycles. The van der Waals surface area contributed by atoms with Crippen molar-refractivity contribution in [2.24, 2.45) is 5.92 Å². The molecule has 1 aromatic rings. The summed E-state index contributed by atoms with van der Waals surface area (Å²) in [5.41, 5.74) is 0. The number of ether oxygens (including phenoxy) is 1. The molecular weight excluding hydrogens is 248 g/mol. The van der Waals surface area contributed by atoms with E-state index in [-0.39, 0.29) is 6.10 Å². The second kappa shape index (κ2) is 7.01. The van der Waals surface area contributed by atoms with Gasteiger partial charge >= 0.3 is 0 Å². The quantitative estimate of drug-likeness (QED) is 0.873. The summed E-state index contributed by atoms with van der Waals surface area (Å²) in [6, 6.07) is 7.30. The number of aliphatic hydroxyl groups is 1. The Kier molecular flexibility index (Phi) is 5.33. The smallest absolute Gasteiger partial charge is 0.120 e. The molecule has 1 atom stereocenters. The van der Waals surface area contributed by atoms with Crippen molar-refractivity contribution in [2.45, 2.75) is 44.6 Å². The van der Waals surface area contributed by atoms with E-state index >= 15 is 0 Å².